The number of hydrogen-bond donors (Lipinski definition) is 5. The number of amides is 1. The van der Waals surface area contributed by atoms with Gasteiger partial charge in [-0.3, -0.25) is 9.69 Å². The van der Waals surface area contributed by atoms with Gasteiger partial charge in [-0.1, -0.05) is 44.2 Å². The Morgan fingerprint density at radius 3 is 2.31 bits per heavy atom. The molecule has 0 aromatic heterocycles. The maximum atomic E-state index is 13.5. The molecule has 65 heavy (non-hydrogen) atoms. The maximum Gasteiger partial charge on any atom is 0.334 e. The summed E-state index contributed by atoms with van der Waals surface area (Å²) in [4.78, 5) is 35.4. The molecule has 4 heterocycles. The zero-order valence-corrected chi connectivity index (χ0v) is 40.1. The van der Waals surface area contributed by atoms with Gasteiger partial charge in [0.1, 0.15) is 36.9 Å². The fourth-order valence-corrected chi connectivity index (χ4v) is 15.0. The molecule has 1 aromatic carbocycles. The number of fused-ring (bicyclic) bond motifs is 6. The van der Waals surface area contributed by atoms with Gasteiger partial charge in [-0.25, -0.2) is 4.79 Å². The first-order valence-electron chi connectivity index (χ1n) is 25.1. The lowest BCUT2D eigenvalue weighted by Crippen LogP contribution is -2.63. The van der Waals surface area contributed by atoms with Gasteiger partial charge >= 0.3 is 5.97 Å². The molecule has 0 bridgehead atoms. The summed E-state index contributed by atoms with van der Waals surface area (Å²) in [5.41, 5.74) is 0.322. The van der Waals surface area contributed by atoms with E-state index in [2.05, 4.69) is 80.6 Å². The van der Waals surface area contributed by atoms with Crippen molar-refractivity contribution in [2.75, 3.05) is 26.3 Å². The van der Waals surface area contributed by atoms with Crippen LogP contribution in [-0.4, -0.2) is 140 Å². The maximum absolute atomic E-state index is 13.5. The van der Waals surface area contributed by atoms with Gasteiger partial charge < -0.3 is 44.6 Å². The molecule has 1 amide bonds. The molecule has 4 saturated carbocycles. The number of amidine groups is 1. The lowest BCUT2D eigenvalue weighted by molar-refractivity contribution is -0.317. The lowest BCUT2D eigenvalue weighted by atomic mass is 9.43. The molecule has 0 unspecified atom stereocenters. The Bertz CT molecular complexity index is 1920. The van der Waals surface area contributed by atoms with Crippen molar-refractivity contribution in [1.82, 2.24) is 9.80 Å². The number of ether oxygens (including phenoxy) is 3. The summed E-state index contributed by atoms with van der Waals surface area (Å²) in [5.74, 6) is 1.81. The van der Waals surface area contributed by atoms with Gasteiger partial charge in [-0.15, -0.1) is 0 Å². The van der Waals surface area contributed by atoms with Crippen molar-refractivity contribution in [3.8, 4) is 0 Å². The molecule has 2 saturated heterocycles. The molecule has 0 radical (unpaired) electrons. The number of carbonyl (C=O) groups is 2. The number of aliphatic hydroxyl groups excluding tert-OH is 4. The van der Waals surface area contributed by atoms with Crippen LogP contribution < -0.4 is 0 Å². The van der Waals surface area contributed by atoms with Crippen LogP contribution in [0, 0.1) is 34.5 Å². The summed E-state index contributed by atoms with van der Waals surface area (Å²) < 4.78 is 17.0. The summed E-state index contributed by atoms with van der Waals surface area (Å²) in [6.45, 7) is 17.4. The lowest BCUT2D eigenvalue weighted by Gasteiger charge is -2.63. The number of aliphatic hydroxyl groups is 5. The van der Waals surface area contributed by atoms with Crippen molar-refractivity contribution in [2.45, 2.75) is 198 Å². The average Bonchev–Trinajstić information content (AvgIpc) is 3.83. The quantitative estimate of drug-likeness (QED) is 0.144. The molecule has 0 spiro atoms. The number of cyclic esters (lactones) is 1. The number of aliphatic imine (C=N–C) groups is 1. The molecule has 4 aliphatic heterocycles. The van der Waals surface area contributed by atoms with Crippen LogP contribution >= 0.6 is 0 Å². The van der Waals surface area contributed by atoms with Crippen molar-refractivity contribution in [2.24, 2.45) is 39.5 Å². The average molecular weight is 906 g/mol. The van der Waals surface area contributed by atoms with E-state index in [1.807, 2.05) is 19.1 Å². The number of nitrogens with zero attached hydrogens (tertiary/aromatic N) is 3. The number of piperidine rings is 1. The minimum absolute atomic E-state index is 0.0525. The summed E-state index contributed by atoms with van der Waals surface area (Å²) in [6, 6.07) is 11.6. The van der Waals surface area contributed by atoms with Crippen molar-refractivity contribution in [1.29, 1.82) is 0 Å². The van der Waals surface area contributed by atoms with Crippen LogP contribution in [0.15, 0.2) is 47.0 Å². The molecule has 4 aliphatic carbocycles. The Hall–Kier alpha value is -2.75. The highest BCUT2D eigenvalue weighted by Gasteiger charge is 2.68. The number of benzene rings is 1. The third-order valence-electron chi connectivity index (χ3n) is 18.6. The Kier molecular flexibility index (Phi) is 14.2. The van der Waals surface area contributed by atoms with Gasteiger partial charge in [-0.2, -0.15) is 4.99 Å². The highest BCUT2D eigenvalue weighted by Crippen LogP contribution is 2.70. The van der Waals surface area contributed by atoms with E-state index < -0.39 is 48.3 Å². The molecule has 8 aliphatic rings. The number of carbonyl (C=O) groups excluding carboxylic acids is 2. The molecule has 6 fully saturated rings. The Balaban J connectivity index is 0.000000188. The van der Waals surface area contributed by atoms with Gasteiger partial charge in [0.2, 0.25) is 0 Å². The highest BCUT2D eigenvalue weighted by atomic mass is 16.7. The Labute approximate surface area is 387 Å². The Morgan fingerprint density at radius 2 is 1.63 bits per heavy atom. The van der Waals surface area contributed by atoms with Gasteiger partial charge in [-0.05, 0) is 159 Å². The van der Waals surface area contributed by atoms with Crippen molar-refractivity contribution in [3.05, 3.63) is 47.5 Å². The van der Waals surface area contributed by atoms with E-state index in [4.69, 9.17) is 14.2 Å². The van der Waals surface area contributed by atoms with E-state index >= 15 is 0 Å². The van der Waals surface area contributed by atoms with E-state index in [0.29, 0.717) is 30.5 Å². The smallest absolute Gasteiger partial charge is 0.334 e. The highest BCUT2D eigenvalue weighted by molar-refractivity contribution is 6.02. The monoisotopic (exact) mass is 906 g/mol. The van der Waals surface area contributed by atoms with Crippen LogP contribution in [0.4, 0.5) is 0 Å². The van der Waals surface area contributed by atoms with Gasteiger partial charge in [0, 0.05) is 42.2 Å². The minimum atomic E-state index is -1.44. The zero-order valence-electron chi connectivity index (χ0n) is 40.1. The van der Waals surface area contributed by atoms with Gasteiger partial charge in [0.05, 0.1) is 23.7 Å². The molecule has 1 aromatic rings. The summed E-state index contributed by atoms with van der Waals surface area (Å²) in [6.07, 6.45) is 7.68. The summed E-state index contributed by atoms with van der Waals surface area (Å²) >= 11 is 0. The third-order valence-corrected chi connectivity index (χ3v) is 18.6. The molecule has 9 rings (SSSR count). The molecule has 362 valence electrons. The fourth-order valence-electron chi connectivity index (χ4n) is 15.0. The number of rotatable bonds is 10. The summed E-state index contributed by atoms with van der Waals surface area (Å²) in [7, 11) is 0. The van der Waals surface area contributed by atoms with Gasteiger partial charge in [0.15, 0.2) is 6.29 Å². The predicted octanol–water partition coefficient (Wildman–Crippen LogP) is 5.67. The van der Waals surface area contributed by atoms with Crippen molar-refractivity contribution >= 4 is 17.7 Å². The minimum Gasteiger partial charge on any atom is -0.458 e. The van der Waals surface area contributed by atoms with Gasteiger partial charge in [0.25, 0.3) is 5.91 Å². The zero-order chi connectivity index (χ0) is 46.6. The first-order valence-corrected chi connectivity index (χ1v) is 25.1. The summed E-state index contributed by atoms with van der Waals surface area (Å²) in [5, 5.41) is 52.5. The number of esters is 1. The van der Waals surface area contributed by atoms with Crippen LogP contribution in [0.1, 0.15) is 138 Å². The first-order chi connectivity index (χ1) is 30.9. The molecule has 15 atom stereocenters. The second-order valence-electron chi connectivity index (χ2n) is 22.1. The Morgan fingerprint density at radius 1 is 0.892 bits per heavy atom. The molecular weight excluding hydrogens is 827 g/mol. The molecule has 5 N–H and O–H groups in total. The second kappa shape index (κ2) is 19.0. The van der Waals surface area contributed by atoms with E-state index in [9.17, 15) is 35.1 Å². The number of hydrogen-bond acceptors (Lipinski definition) is 12. The molecular formula is C52H79N3O10. The third kappa shape index (κ3) is 8.37. The van der Waals surface area contributed by atoms with Crippen LogP contribution in [0.25, 0.3) is 0 Å². The van der Waals surface area contributed by atoms with E-state index in [1.54, 1.807) is 0 Å². The second-order valence-corrected chi connectivity index (χ2v) is 22.1. The van der Waals surface area contributed by atoms with E-state index in [0.717, 1.165) is 101 Å². The molecule has 13 heteroatoms. The van der Waals surface area contributed by atoms with E-state index in [1.165, 1.54) is 12.8 Å². The molecule has 13 nitrogen and oxygen atoms in total. The SMILES string of the molecule is CC1=NC(=O)[C@](CCN(C(C)C)C(C)C)(c2ccccc2)[C@H]2CCCCN12.C[C@]12CC[C@H](O[C@@H]3O[C@H](CO)[C@@H](O)[C@H](O)[C@H]3O)C[C@H]1CC[C@@H]1[C@@H]2CC[C@]2(C)[C@@H](C3=CCOC3=O)CC[C@]12O. The standard InChI is InChI=1S/C29H44O9.C23H35N3O/c1-27-9-5-16(37-26-24(33)23(32)22(31)21(14-30)38-26)13-15(27)3-4-20-19(27)6-10-28(2)18(7-11-29(20,28)35)17-8-12-36-25(17)34;1-17(2)25(18(3)4)16-14-23(20-11-7-6-8-12-20)21-13-9-10-15-26(21)19(5)24-22(23)27/h8,15-16,18-24,26,30-33,35H,3-7,9-14H2,1-2H3;6-8,11-12,17-18,21H,9-10,13-16H2,1-5H3/t15-,16+,18-,19+,20-,21-,22-,23+,24-,26-,27+,28-,29+;21-,23-/m11/s1. The first kappa shape index (κ1) is 48.7. The topological polar surface area (TPSA) is 182 Å². The van der Waals surface area contributed by atoms with Crippen molar-refractivity contribution < 1.29 is 49.3 Å². The normalized spacial score (nSPS) is 42.6. The fraction of sp³-hybridized carbons (Fsp3) is 0.788. The van der Waals surface area contributed by atoms with Crippen molar-refractivity contribution in [3.63, 3.8) is 0 Å². The van der Waals surface area contributed by atoms with E-state index in [-0.39, 0.29) is 46.7 Å². The van der Waals surface area contributed by atoms with Crippen LogP contribution in [0.3, 0.4) is 0 Å². The van der Waals surface area contributed by atoms with Crippen LogP contribution in [0.5, 0.6) is 0 Å². The van der Waals surface area contributed by atoms with Crippen LogP contribution in [0.2, 0.25) is 0 Å². The largest absolute Gasteiger partial charge is 0.458 e. The van der Waals surface area contributed by atoms with Crippen LogP contribution in [-0.2, 0) is 29.2 Å². The predicted molar refractivity (Wildman–Crippen MR) is 247 cm³/mol.